The van der Waals surface area contributed by atoms with E-state index in [4.69, 9.17) is 0 Å². The van der Waals surface area contributed by atoms with E-state index in [2.05, 4.69) is 85.8 Å². The second kappa shape index (κ2) is 6.38. The highest BCUT2D eigenvalue weighted by atomic mass is 14.2. The number of benzene rings is 2. The van der Waals surface area contributed by atoms with Crippen LogP contribution in [0.3, 0.4) is 0 Å². The van der Waals surface area contributed by atoms with Crippen LogP contribution in [0.25, 0.3) is 12.2 Å². The van der Waals surface area contributed by atoms with Crippen LogP contribution in [-0.2, 0) is 5.41 Å². The fraction of sp³-hybridized carbons (Fsp3) is 0.200. The molecule has 0 amide bonds. The van der Waals surface area contributed by atoms with Crippen LogP contribution in [-0.4, -0.2) is 0 Å². The van der Waals surface area contributed by atoms with E-state index in [1.54, 1.807) is 0 Å². The van der Waals surface area contributed by atoms with E-state index in [1.807, 2.05) is 13.8 Å². The smallest absolute Gasteiger partial charge is 0.0290 e. The second-order valence-corrected chi connectivity index (χ2v) is 4.94. The summed E-state index contributed by atoms with van der Waals surface area (Å²) in [5, 5.41) is 0. The molecule has 0 saturated carbocycles. The van der Waals surface area contributed by atoms with Crippen molar-refractivity contribution in [2.24, 2.45) is 0 Å². The first-order valence-electron chi connectivity index (χ1n) is 7.31. The second-order valence-electron chi connectivity index (χ2n) is 4.94. The summed E-state index contributed by atoms with van der Waals surface area (Å²) >= 11 is 0. The average molecular weight is 262 g/mol. The predicted octanol–water partition coefficient (Wildman–Crippen LogP) is 5.71. The maximum Gasteiger partial charge on any atom is 0.0290 e. The third kappa shape index (κ3) is 2.91. The van der Waals surface area contributed by atoms with Gasteiger partial charge in [0.1, 0.15) is 0 Å². The molecule has 0 nitrogen and oxygen atoms in total. The van der Waals surface area contributed by atoms with Crippen molar-refractivity contribution in [2.45, 2.75) is 26.2 Å². The Morgan fingerprint density at radius 2 is 1.10 bits per heavy atom. The van der Waals surface area contributed by atoms with Gasteiger partial charge >= 0.3 is 0 Å². The summed E-state index contributed by atoms with van der Waals surface area (Å²) in [6.45, 7) is 6.25. The zero-order valence-corrected chi connectivity index (χ0v) is 12.5. The Hall–Kier alpha value is -2.08. The zero-order chi connectivity index (χ0) is 14.4. The van der Waals surface area contributed by atoms with Crippen molar-refractivity contribution in [3.05, 3.63) is 83.4 Å². The molecule has 0 heteroatoms. The van der Waals surface area contributed by atoms with Crippen molar-refractivity contribution in [3.63, 3.8) is 0 Å². The molecule has 20 heavy (non-hydrogen) atoms. The van der Waals surface area contributed by atoms with Crippen molar-refractivity contribution in [2.75, 3.05) is 0 Å². The zero-order valence-electron chi connectivity index (χ0n) is 12.5. The van der Waals surface area contributed by atoms with Crippen LogP contribution in [0.4, 0.5) is 0 Å². The van der Waals surface area contributed by atoms with Gasteiger partial charge in [0.2, 0.25) is 0 Å². The summed E-state index contributed by atoms with van der Waals surface area (Å²) in [5.74, 6) is 0. The van der Waals surface area contributed by atoms with Crippen LogP contribution in [0, 0.1) is 0 Å². The van der Waals surface area contributed by atoms with E-state index in [9.17, 15) is 0 Å². The molecule has 2 aromatic rings. The lowest BCUT2D eigenvalue weighted by Gasteiger charge is -2.21. The van der Waals surface area contributed by atoms with Gasteiger partial charge in [0.25, 0.3) is 0 Å². The highest BCUT2D eigenvalue weighted by molar-refractivity contribution is 5.70. The first-order chi connectivity index (χ1) is 9.78. The Balaban J connectivity index is 0.000000704. The van der Waals surface area contributed by atoms with Gasteiger partial charge in [-0.1, -0.05) is 92.7 Å². The number of hydrogen-bond donors (Lipinski definition) is 0. The van der Waals surface area contributed by atoms with Gasteiger partial charge < -0.3 is 0 Å². The van der Waals surface area contributed by atoms with E-state index in [1.165, 1.54) is 16.7 Å². The normalized spacial score (nSPS) is 14.8. The van der Waals surface area contributed by atoms with E-state index in [0.717, 1.165) is 0 Å². The minimum atomic E-state index is -0.0275. The van der Waals surface area contributed by atoms with E-state index in [-0.39, 0.29) is 5.41 Å². The minimum Gasteiger partial charge on any atom is -0.0698 e. The lowest BCUT2D eigenvalue weighted by Crippen LogP contribution is -2.14. The first kappa shape index (κ1) is 14.3. The molecule has 0 bridgehead atoms. The van der Waals surface area contributed by atoms with Gasteiger partial charge in [0.05, 0.1) is 0 Å². The molecule has 0 unspecified atom stereocenters. The van der Waals surface area contributed by atoms with E-state index in [0.29, 0.717) is 0 Å². The molecule has 0 N–H and O–H groups in total. The minimum absolute atomic E-state index is 0.0275. The monoisotopic (exact) mass is 262 g/mol. The van der Waals surface area contributed by atoms with Crippen molar-refractivity contribution in [1.82, 2.24) is 0 Å². The van der Waals surface area contributed by atoms with E-state index < -0.39 is 0 Å². The summed E-state index contributed by atoms with van der Waals surface area (Å²) in [6.07, 6.45) is 9.01. The Morgan fingerprint density at radius 1 is 0.650 bits per heavy atom. The third-order valence-electron chi connectivity index (χ3n) is 3.61. The Bertz CT molecular complexity index is 570. The standard InChI is InChI=1S/C18H16.C2H6/c1-18(17-9-3-2-4-10-17)13-11-15-7-5-6-8-16(15)12-14-18;1-2/h2-14H,1H3;1-2H3. The average Bonchev–Trinajstić information content (AvgIpc) is 2.71. The van der Waals surface area contributed by atoms with Crippen LogP contribution in [0.15, 0.2) is 66.7 Å². The van der Waals surface area contributed by atoms with Gasteiger partial charge in [-0.2, -0.15) is 0 Å². The van der Waals surface area contributed by atoms with Crippen LogP contribution in [0.5, 0.6) is 0 Å². The number of allylic oxidation sites excluding steroid dienone is 2. The fourth-order valence-corrected chi connectivity index (χ4v) is 2.39. The van der Waals surface area contributed by atoms with Crippen molar-refractivity contribution >= 4 is 12.2 Å². The molecule has 0 heterocycles. The summed E-state index contributed by atoms with van der Waals surface area (Å²) in [4.78, 5) is 0. The Kier molecular flexibility index (Phi) is 4.57. The first-order valence-corrected chi connectivity index (χ1v) is 7.31. The maximum absolute atomic E-state index is 2.28. The van der Waals surface area contributed by atoms with Gasteiger partial charge in [0, 0.05) is 5.41 Å². The fourth-order valence-electron chi connectivity index (χ4n) is 2.39. The topological polar surface area (TPSA) is 0 Å². The number of fused-ring (bicyclic) bond motifs is 1. The quantitative estimate of drug-likeness (QED) is 0.617. The van der Waals surface area contributed by atoms with Gasteiger partial charge in [0.15, 0.2) is 0 Å². The summed E-state index contributed by atoms with van der Waals surface area (Å²) in [7, 11) is 0. The van der Waals surface area contributed by atoms with Crippen molar-refractivity contribution < 1.29 is 0 Å². The SMILES string of the molecule is CC.CC1(c2ccccc2)C=Cc2ccccc2C=C1. The molecular formula is C20H22. The van der Waals surface area contributed by atoms with Crippen molar-refractivity contribution in [1.29, 1.82) is 0 Å². The lowest BCUT2D eigenvalue weighted by atomic mass is 9.82. The Morgan fingerprint density at radius 3 is 1.60 bits per heavy atom. The molecule has 0 aliphatic heterocycles. The molecule has 102 valence electrons. The van der Waals surface area contributed by atoms with Crippen LogP contribution in [0.2, 0.25) is 0 Å². The summed E-state index contributed by atoms with van der Waals surface area (Å²) < 4.78 is 0. The van der Waals surface area contributed by atoms with Crippen LogP contribution < -0.4 is 0 Å². The molecule has 0 atom stereocenters. The van der Waals surface area contributed by atoms with Gasteiger partial charge in [-0.15, -0.1) is 0 Å². The molecule has 3 rings (SSSR count). The number of rotatable bonds is 1. The molecule has 1 aliphatic rings. The van der Waals surface area contributed by atoms with E-state index >= 15 is 0 Å². The predicted molar refractivity (Wildman–Crippen MR) is 89.7 cm³/mol. The number of hydrogen-bond acceptors (Lipinski definition) is 0. The molecule has 0 fully saturated rings. The maximum atomic E-state index is 2.28. The van der Waals surface area contributed by atoms with Gasteiger partial charge in [-0.05, 0) is 23.6 Å². The van der Waals surface area contributed by atoms with Crippen LogP contribution >= 0.6 is 0 Å². The molecule has 1 aliphatic carbocycles. The third-order valence-corrected chi connectivity index (χ3v) is 3.61. The lowest BCUT2D eigenvalue weighted by molar-refractivity contribution is 0.766. The molecular weight excluding hydrogens is 240 g/mol. The van der Waals surface area contributed by atoms with Crippen LogP contribution in [0.1, 0.15) is 37.5 Å². The van der Waals surface area contributed by atoms with Crippen molar-refractivity contribution in [3.8, 4) is 0 Å². The molecule has 0 saturated heterocycles. The summed E-state index contributed by atoms with van der Waals surface area (Å²) in [6, 6.07) is 19.1. The van der Waals surface area contributed by atoms with Gasteiger partial charge in [-0.25, -0.2) is 0 Å². The highest BCUT2D eigenvalue weighted by Gasteiger charge is 2.21. The van der Waals surface area contributed by atoms with Gasteiger partial charge in [-0.3, -0.25) is 0 Å². The largest absolute Gasteiger partial charge is 0.0698 e. The molecule has 2 aromatic carbocycles. The highest BCUT2D eigenvalue weighted by Crippen LogP contribution is 2.31. The molecule has 0 radical (unpaired) electrons. The summed E-state index contributed by atoms with van der Waals surface area (Å²) in [5.41, 5.74) is 3.87. The molecule has 0 aromatic heterocycles. The Labute approximate surface area is 122 Å². The molecule has 0 spiro atoms.